The van der Waals surface area contributed by atoms with Crippen LogP contribution in [0.25, 0.3) is 16.8 Å². The summed E-state index contributed by atoms with van der Waals surface area (Å²) in [4.78, 5) is 16.4. The van der Waals surface area contributed by atoms with E-state index in [0.717, 1.165) is 29.3 Å². The molecule has 4 aromatic rings. The lowest BCUT2D eigenvalue weighted by Gasteiger charge is -2.53. The first-order valence-electron chi connectivity index (χ1n) is 13.1. The minimum atomic E-state index is -0.0807. The summed E-state index contributed by atoms with van der Waals surface area (Å²) in [5, 5.41) is 2.42. The molecule has 0 saturated carbocycles. The minimum Gasteiger partial charge on any atom is -0.375 e. The van der Waals surface area contributed by atoms with E-state index in [1.165, 1.54) is 32.7 Å². The van der Waals surface area contributed by atoms with Crippen molar-refractivity contribution in [2.45, 2.75) is 29.8 Å². The number of ether oxygens (including phenoxy) is 1. The lowest BCUT2D eigenvalue weighted by Crippen LogP contribution is -2.63. The normalized spacial score (nSPS) is 20.2. The van der Waals surface area contributed by atoms with Crippen LogP contribution in [0.15, 0.2) is 101 Å². The highest BCUT2D eigenvalue weighted by atomic mass is 32.2. The molecule has 38 heavy (non-hydrogen) atoms. The third-order valence-electron chi connectivity index (χ3n) is 8.04. The number of thioether (sulfide) groups is 1. The Bertz CT molecular complexity index is 1610. The molecule has 4 heterocycles. The zero-order valence-corrected chi connectivity index (χ0v) is 22.2. The highest BCUT2D eigenvalue weighted by molar-refractivity contribution is 7.98. The van der Waals surface area contributed by atoms with Gasteiger partial charge in [-0.15, -0.1) is 11.8 Å². The number of pyridine rings is 1. The second-order valence-corrected chi connectivity index (χ2v) is 11.1. The zero-order chi connectivity index (χ0) is 25.8. The number of aromatic nitrogens is 1. The second kappa shape index (κ2) is 9.22. The van der Waals surface area contributed by atoms with Gasteiger partial charge in [0, 0.05) is 35.0 Å². The first-order valence-corrected chi connectivity index (χ1v) is 14.1. The number of hydrogen-bond acceptors (Lipinski definition) is 5. The van der Waals surface area contributed by atoms with Crippen LogP contribution < -0.4 is 10.4 Å². The molecule has 2 atom stereocenters. The maximum absolute atomic E-state index is 12.8. The molecule has 5 nitrogen and oxygen atoms in total. The lowest BCUT2D eigenvalue weighted by atomic mass is 9.89. The Hall–Kier alpha value is -3.74. The van der Waals surface area contributed by atoms with Crippen LogP contribution in [0, 0.1) is 6.92 Å². The van der Waals surface area contributed by atoms with E-state index in [9.17, 15) is 4.79 Å². The Balaban J connectivity index is 1.52. The van der Waals surface area contributed by atoms with Crippen molar-refractivity contribution >= 4 is 17.5 Å². The zero-order valence-electron chi connectivity index (χ0n) is 21.3. The monoisotopic (exact) mass is 519 g/mol. The van der Waals surface area contributed by atoms with E-state index in [1.54, 1.807) is 6.07 Å². The van der Waals surface area contributed by atoms with Gasteiger partial charge in [0.2, 0.25) is 0 Å². The van der Waals surface area contributed by atoms with E-state index >= 15 is 0 Å². The van der Waals surface area contributed by atoms with Crippen molar-refractivity contribution in [2.75, 3.05) is 24.8 Å². The summed E-state index contributed by atoms with van der Waals surface area (Å²) >= 11 is 1.90. The van der Waals surface area contributed by atoms with Gasteiger partial charge in [-0.3, -0.25) is 14.5 Å². The molecule has 6 heteroatoms. The average molecular weight is 520 g/mol. The maximum Gasteiger partial charge on any atom is 0.185 e. The van der Waals surface area contributed by atoms with Gasteiger partial charge in [-0.25, -0.2) is 0 Å². The topological polar surface area (TPSA) is 37.7 Å². The van der Waals surface area contributed by atoms with Crippen molar-refractivity contribution in [3.8, 4) is 11.1 Å². The van der Waals surface area contributed by atoms with E-state index in [1.807, 2.05) is 24.9 Å². The number of hydrogen-bond donors (Lipinski definition) is 0. The van der Waals surface area contributed by atoms with Gasteiger partial charge in [-0.05, 0) is 40.8 Å². The van der Waals surface area contributed by atoms with Gasteiger partial charge in [0.15, 0.2) is 5.43 Å². The molecule has 1 fully saturated rings. The fraction of sp³-hybridized carbons (Fsp3) is 0.219. The Morgan fingerprint density at radius 1 is 0.947 bits per heavy atom. The Morgan fingerprint density at radius 3 is 2.61 bits per heavy atom. The van der Waals surface area contributed by atoms with Crippen LogP contribution in [0.5, 0.6) is 0 Å². The largest absolute Gasteiger partial charge is 0.375 e. The molecular weight excluding hydrogens is 490 g/mol. The number of rotatable bonds is 2. The van der Waals surface area contributed by atoms with Crippen molar-refractivity contribution in [1.82, 2.24) is 9.58 Å². The molecule has 0 bridgehead atoms. The molecule has 0 aliphatic carbocycles. The molecule has 0 amide bonds. The SMILES string of the molecule is C=C1c2c(C)c(=O)ccn2N([C@H]2c3ccccc3SCc3c(-c4ccccc4)cccc32)[C@H]2COCCN12. The third-order valence-corrected chi connectivity index (χ3v) is 9.16. The van der Waals surface area contributed by atoms with Gasteiger partial charge in [-0.1, -0.05) is 73.3 Å². The highest BCUT2D eigenvalue weighted by Crippen LogP contribution is 2.47. The fourth-order valence-electron chi connectivity index (χ4n) is 6.22. The highest BCUT2D eigenvalue weighted by Gasteiger charge is 2.43. The lowest BCUT2D eigenvalue weighted by molar-refractivity contribution is 0.00314. The van der Waals surface area contributed by atoms with E-state index in [-0.39, 0.29) is 17.6 Å². The second-order valence-electron chi connectivity index (χ2n) is 10.0. The van der Waals surface area contributed by atoms with Crippen LogP contribution >= 0.6 is 11.8 Å². The van der Waals surface area contributed by atoms with E-state index in [2.05, 4.69) is 94.0 Å². The first kappa shape index (κ1) is 23.4. The van der Waals surface area contributed by atoms with Crippen LogP contribution in [0.4, 0.5) is 0 Å². The van der Waals surface area contributed by atoms with Gasteiger partial charge in [0.05, 0.1) is 30.6 Å². The Labute approximate surface area is 226 Å². The van der Waals surface area contributed by atoms with E-state index in [4.69, 9.17) is 4.74 Å². The molecular formula is C32H29N3O2S. The Kier molecular flexibility index (Phi) is 5.68. The van der Waals surface area contributed by atoms with Gasteiger partial charge in [-0.2, -0.15) is 0 Å². The Morgan fingerprint density at radius 2 is 1.74 bits per heavy atom. The fourth-order valence-corrected chi connectivity index (χ4v) is 7.36. The van der Waals surface area contributed by atoms with Gasteiger partial charge < -0.3 is 9.64 Å². The van der Waals surface area contributed by atoms with Crippen LogP contribution in [-0.4, -0.2) is 35.5 Å². The molecule has 0 N–H and O–H groups in total. The molecule has 7 rings (SSSR count). The molecule has 3 aliphatic rings. The van der Waals surface area contributed by atoms with Crippen molar-refractivity contribution < 1.29 is 4.74 Å². The molecule has 190 valence electrons. The summed E-state index contributed by atoms with van der Waals surface area (Å²) < 4.78 is 8.24. The van der Waals surface area contributed by atoms with Crippen molar-refractivity contribution in [3.63, 3.8) is 0 Å². The third kappa shape index (κ3) is 3.55. The molecule has 1 saturated heterocycles. The molecule has 0 spiro atoms. The van der Waals surface area contributed by atoms with Crippen LogP contribution in [-0.2, 0) is 10.5 Å². The minimum absolute atomic E-state index is 0.0349. The average Bonchev–Trinajstić information content (AvgIpc) is 3.13. The van der Waals surface area contributed by atoms with Gasteiger partial charge in [0.1, 0.15) is 6.17 Å². The molecule has 1 aromatic heterocycles. The van der Waals surface area contributed by atoms with E-state index < -0.39 is 0 Å². The maximum atomic E-state index is 12.8. The smallest absolute Gasteiger partial charge is 0.185 e. The summed E-state index contributed by atoms with van der Waals surface area (Å²) in [6.07, 6.45) is 1.86. The van der Waals surface area contributed by atoms with Crippen molar-refractivity contribution in [1.29, 1.82) is 0 Å². The summed E-state index contributed by atoms with van der Waals surface area (Å²) in [6, 6.07) is 27.7. The molecule has 3 aromatic carbocycles. The summed E-state index contributed by atoms with van der Waals surface area (Å²) in [6.45, 7) is 8.32. The molecule has 0 unspecified atom stereocenters. The summed E-state index contributed by atoms with van der Waals surface area (Å²) in [5.74, 6) is 0.884. The number of benzene rings is 3. The van der Waals surface area contributed by atoms with Crippen molar-refractivity contribution in [3.05, 3.63) is 130 Å². The molecule has 0 radical (unpaired) electrons. The van der Waals surface area contributed by atoms with Crippen LogP contribution in [0.1, 0.15) is 34.0 Å². The number of nitrogens with zero attached hydrogens (tertiary/aromatic N) is 3. The quantitative estimate of drug-likeness (QED) is 0.335. The van der Waals surface area contributed by atoms with Gasteiger partial charge in [0.25, 0.3) is 0 Å². The van der Waals surface area contributed by atoms with Crippen molar-refractivity contribution in [2.24, 2.45) is 0 Å². The van der Waals surface area contributed by atoms with E-state index in [0.29, 0.717) is 13.2 Å². The van der Waals surface area contributed by atoms with Crippen LogP contribution in [0.3, 0.4) is 0 Å². The van der Waals surface area contributed by atoms with Gasteiger partial charge >= 0.3 is 0 Å². The predicted molar refractivity (Wildman–Crippen MR) is 154 cm³/mol. The molecule has 3 aliphatic heterocycles. The van der Waals surface area contributed by atoms with Crippen LogP contribution in [0.2, 0.25) is 0 Å². The predicted octanol–water partition coefficient (Wildman–Crippen LogP) is 5.80. The standard InChI is InChI=1S/C32H29N3O2S/c1-21-28(36)15-16-34-31(21)22(2)33-17-18-37-19-30(33)35(34)32-25-13-8-12-24(23-9-4-3-5-10-23)27(25)20-38-29-14-7-6-11-26(29)32/h3-16,30,32H,2,17-20H2,1H3/t30-,32+/m0/s1. The number of morpholine rings is 1. The first-order chi connectivity index (χ1) is 18.6. The summed E-state index contributed by atoms with van der Waals surface area (Å²) in [7, 11) is 0. The number of fused-ring (bicyclic) bond motifs is 4. The summed E-state index contributed by atoms with van der Waals surface area (Å²) in [5.41, 5.74) is 8.91.